The fourth-order valence-corrected chi connectivity index (χ4v) is 4.21. The van der Waals surface area contributed by atoms with Crippen LogP contribution in [0.4, 0.5) is 0 Å². The standard InChI is InChI=1S/C22H38N2O2/c1-5-15-24(16-9-7-6-8-14-23-2)19-11-12-20-18(17-19)10-13-21(25-3)22(20)26-4/h10,13,19,23H,5-9,11-12,14-17H2,1-4H3/t19-/m0/s1. The summed E-state index contributed by atoms with van der Waals surface area (Å²) in [5.41, 5.74) is 2.79. The fraction of sp³-hybridized carbons (Fsp3) is 0.727. The number of benzene rings is 1. The molecule has 0 aromatic heterocycles. The molecule has 1 aliphatic rings. The summed E-state index contributed by atoms with van der Waals surface area (Å²) < 4.78 is 11.1. The second kappa shape index (κ2) is 11.5. The van der Waals surface area contributed by atoms with Crippen LogP contribution in [0.3, 0.4) is 0 Å². The molecule has 4 nitrogen and oxygen atoms in total. The number of unbranched alkanes of at least 4 members (excludes halogenated alkanes) is 3. The van der Waals surface area contributed by atoms with Crippen LogP contribution in [0, 0.1) is 0 Å². The molecule has 0 heterocycles. The monoisotopic (exact) mass is 362 g/mol. The lowest BCUT2D eigenvalue weighted by molar-refractivity contribution is 0.175. The van der Waals surface area contributed by atoms with Gasteiger partial charge in [-0.25, -0.2) is 0 Å². The highest BCUT2D eigenvalue weighted by Gasteiger charge is 2.26. The topological polar surface area (TPSA) is 33.7 Å². The van der Waals surface area contributed by atoms with Gasteiger partial charge < -0.3 is 19.7 Å². The van der Waals surface area contributed by atoms with Gasteiger partial charge in [0.25, 0.3) is 0 Å². The van der Waals surface area contributed by atoms with Gasteiger partial charge in [-0.3, -0.25) is 0 Å². The molecule has 0 aliphatic heterocycles. The molecule has 4 heteroatoms. The Kier molecular flexibility index (Phi) is 9.27. The van der Waals surface area contributed by atoms with E-state index < -0.39 is 0 Å². The van der Waals surface area contributed by atoms with Crippen molar-refractivity contribution >= 4 is 0 Å². The van der Waals surface area contributed by atoms with Crippen molar-refractivity contribution in [1.82, 2.24) is 10.2 Å². The Labute approximate surface area is 160 Å². The molecule has 0 unspecified atom stereocenters. The van der Waals surface area contributed by atoms with Crippen molar-refractivity contribution in [3.63, 3.8) is 0 Å². The first-order valence-corrected chi connectivity index (χ1v) is 10.4. The number of hydrogen-bond donors (Lipinski definition) is 1. The van der Waals surface area contributed by atoms with Crippen LogP contribution in [0.15, 0.2) is 12.1 Å². The molecule has 2 rings (SSSR count). The van der Waals surface area contributed by atoms with Gasteiger partial charge in [-0.15, -0.1) is 0 Å². The SMILES string of the molecule is CCCN(CCCCCCNC)[C@H]1CCc2c(ccc(OC)c2OC)C1. The second-order valence-electron chi connectivity index (χ2n) is 7.39. The number of hydrogen-bond acceptors (Lipinski definition) is 4. The first-order valence-electron chi connectivity index (χ1n) is 10.4. The van der Waals surface area contributed by atoms with Crippen molar-refractivity contribution < 1.29 is 9.47 Å². The molecule has 26 heavy (non-hydrogen) atoms. The van der Waals surface area contributed by atoms with E-state index in [-0.39, 0.29) is 0 Å². The zero-order valence-electron chi connectivity index (χ0n) is 17.3. The van der Waals surface area contributed by atoms with Gasteiger partial charge in [0.1, 0.15) is 0 Å². The number of nitrogens with one attached hydrogen (secondary N) is 1. The molecule has 0 spiro atoms. The van der Waals surface area contributed by atoms with Crippen LogP contribution in [0.2, 0.25) is 0 Å². The average molecular weight is 363 g/mol. The lowest BCUT2D eigenvalue weighted by Gasteiger charge is -2.36. The number of nitrogens with zero attached hydrogens (tertiary/aromatic N) is 1. The molecule has 0 amide bonds. The number of fused-ring (bicyclic) bond motifs is 1. The normalized spacial score (nSPS) is 16.6. The van der Waals surface area contributed by atoms with Gasteiger partial charge in [0, 0.05) is 11.6 Å². The van der Waals surface area contributed by atoms with Crippen LogP contribution in [0.25, 0.3) is 0 Å². The van der Waals surface area contributed by atoms with Crippen molar-refractivity contribution in [3.8, 4) is 11.5 Å². The van der Waals surface area contributed by atoms with Gasteiger partial charge in [0.2, 0.25) is 0 Å². The molecule has 1 atom stereocenters. The Morgan fingerprint density at radius 2 is 1.88 bits per heavy atom. The van der Waals surface area contributed by atoms with E-state index in [2.05, 4.69) is 29.3 Å². The lowest BCUT2D eigenvalue weighted by atomic mass is 9.86. The second-order valence-corrected chi connectivity index (χ2v) is 7.39. The largest absolute Gasteiger partial charge is 0.493 e. The van der Waals surface area contributed by atoms with Crippen LogP contribution in [0.1, 0.15) is 56.6 Å². The molecule has 0 saturated heterocycles. The van der Waals surface area contributed by atoms with Gasteiger partial charge in [0.05, 0.1) is 14.2 Å². The summed E-state index contributed by atoms with van der Waals surface area (Å²) in [4.78, 5) is 2.73. The molecule has 148 valence electrons. The van der Waals surface area contributed by atoms with Crippen LogP contribution >= 0.6 is 0 Å². The molecule has 1 aliphatic carbocycles. The summed E-state index contributed by atoms with van der Waals surface area (Å²) >= 11 is 0. The maximum absolute atomic E-state index is 5.65. The zero-order chi connectivity index (χ0) is 18.8. The molecular formula is C22H38N2O2. The average Bonchev–Trinajstić information content (AvgIpc) is 2.68. The van der Waals surface area contributed by atoms with Crippen molar-refractivity contribution in [3.05, 3.63) is 23.3 Å². The molecular weight excluding hydrogens is 324 g/mol. The maximum Gasteiger partial charge on any atom is 0.164 e. The van der Waals surface area contributed by atoms with E-state index in [1.807, 2.05) is 7.05 Å². The fourth-order valence-electron chi connectivity index (χ4n) is 4.21. The molecule has 0 bridgehead atoms. The summed E-state index contributed by atoms with van der Waals surface area (Å²) in [6.45, 7) is 5.89. The number of ether oxygens (including phenoxy) is 2. The molecule has 0 radical (unpaired) electrons. The summed E-state index contributed by atoms with van der Waals surface area (Å²) in [5.74, 6) is 1.80. The van der Waals surface area contributed by atoms with E-state index >= 15 is 0 Å². The Morgan fingerprint density at radius 1 is 1.08 bits per heavy atom. The first kappa shape index (κ1) is 21.0. The summed E-state index contributed by atoms with van der Waals surface area (Å²) in [7, 11) is 5.51. The van der Waals surface area contributed by atoms with Crippen molar-refractivity contribution in [2.45, 2.75) is 64.3 Å². The van der Waals surface area contributed by atoms with Crippen molar-refractivity contribution in [2.24, 2.45) is 0 Å². The van der Waals surface area contributed by atoms with Gasteiger partial charge in [-0.05, 0) is 76.8 Å². The third-order valence-corrected chi connectivity index (χ3v) is 5.58. The third-order valence-electron chi connectivity index (χ3n) is 5.58. The zero-order valence-corrected chi connectivity index (χ0v) is 17.3. The van der Waals surface area contributed by atoms with Crippen LogP contribution in [-0.2, 0) is 12.8 Å². The van der Waals surface area contributed by atoms with E-state index in [4.69, 9.17) is 9.47 Å². The van der Waals surface area contributed by atoms with E-state index in [0.29, 0.717) is 6.04 Å². The molecule has 0 saturated carbocycles. The van der Waals surface area contributed by atoms with Gasteiger partial charge in [-0.1, -0.05) is 25.8 Å². The quantitative estimate of drug-likeness (QED) is 0.569. The third kappa shape index (κ3) is 5.62. The smallest absolute Gasteiger partial charge is 0.164 e. The molecule has 1 N–H and O–H groups in total. The van der Waals surface area contributed by atoms with Gasteiger partial charge in [0.15, 0.2) is 11.5 Å². The first-order chi connectivity index (χ1) is 12.7. The predicted molar refractivity (Wildman–Crippen MR) is 110 cm³/mol. The van der Waals surface area contributed by atoms with Crippen LogP contribution in [-0.4, -0.2) is 51.8 Å². The van der Waals surface area contributed by atoms with E-state index in [0.717, 1.165) is 30.9 Å². The van der Waals surface area contributed by atoms with Crippen LogP contribution < -0.4 is 14.8 Å². The molecule has 1 aromatic rings. The van der Waals surface area contributed by atoms with Crippen molar-refractivity contribution in [2.75, 3.05) is 40.9 Å². The van der Waals surface area contributed by atoms with Crippen molar-refractivity contribution in [1.29, 1.82) is 0 Å². The van der Waals surface area contributed by atoms with Crippen LogP contribution in [0.5, 0.6) is 11.5 Å². The summed E-state index contributed by atoms with van der Waals surface area (Å²) in [6.07, 6.45) is 9.97. The van der Waals surface area contributed by atoms with Gasteiger partial charge in [-0.2, -0.15) is 0 Å². The Bertz CT molecular complexity index is 533. The highest BCUT2D eigenvalue weighted by atomic mass is 16.5. The maximum atomic E-state index is 5.65. The van der Waals surface area contributed by atoms with E-state index in [1.54, 1.807) is 14.2 Å². The minimum atomic E-state index is 0.665. The summed E-state index contributed by atoms with van der Waals surface area (Å²) in [6, 6.07) is 4.97. The Balaban J connectivity index is 1.95. The molecule has 0 fully saturated rings. The Morgan fingerprint density at radius 3 is 2.58 bits per heavy atom. The minimum absolute atomic E-state index is 0.665. The Hall–Kier alpha value is -1.26. The highest BCUT2D eigenvalue weighted by molar-refractivity contribution is 5.52. The number of rotatable bonds is 12. The molecule has 1 aromatic carbocycles. The lowest BCUT2D eigenvalue weighted by Crippen LogP contribution is -2.40. The predicted octanol–water partition coefficient (Wildman–Crippen LogP) is 4.05. The highest BCUT2D eigenvalue weighted by Crippen LogP contribution is 2.38. The summed E-state index contributed by atoms with van der Waals surface area (Å²) in [5, 5.41) is 3.24. The number of methoxy groups -OCH3 is 2. The van der Waals surface area contributed by atoms with Gasteiger partial charge >= 0.3 is 0 Å². The van der Waals surface area contributed by atoms with E-state index in [1.165, 1.54) is 62.7 Å². The van der Waals surface area contributed by atoms with E-state index in [9.17, 15) is 0 Å². The minimum Gasteiger partial charge on any atom is -0.493 e.